The number of thiophene rings is 2. The SMILES string of the molecule is CC(=O)CS.CCOC(=O)c1sc2nnc(C)c(C)c2c1Br.CCOC(=O)c1sc2nnc(C)c(C)c2c1N.Cc1nnc(Cl)c(C#N)c1C. The zero-order valence-corrected chi connectivity index (χ0v) is 33.8. The van der Waals surface area contributed by atoms with Crippen LogP contribution < -0.4 is 5.73 Å². The Balaban J connectivity index is 0.000000249. The van der Waals surface area contributed by atoms with Crippen LogP contribution in [0.2, 0.25) is 5.15 Å². The number of nitrogen functional groups attached to an aromatic ring is 1. The summed E-state index contributed by atoms with van der Waals surface area (Å²) in [6, 6.07) is 1.97. The number of halogens is 2. The molecule has 50 heavy (non-hydrogen) atoms. The van der Waals surface area contributed by atoms with E-state index in [1.54, 1.807) is 27.7 Å². The summed E-state index contributed by atoms with van der Waals surface area (Å²) in [6.07, 6.45) is 0. The number of nitrogens with zero attached hydrogens (tertiary/aromatic N) is 7. The van der Waals surface area contributed by atoms with Crippen LogP contribution in [-0.4, -0.2) is 67.3 Å². The van der Waals surface area contributed by atoms with Gasteiger partial charge >= 0.3 is 11.9 Å². The normalized spacial score (nSPS) is 10.1. The number of carbonyl (C=O) groups is 3. The van der Waals surface area contributed by atoms with Crippen molar-refractivity contribution in [2.24, 2.45) is 0 Å². The summed E-state index contributed by atoms with van der Waals surface area (Å²) in [4.78, 5) is 35.5. The number of anilines is 1. The summed E-state index contributed by atoms with van der Waals surface area (Å²) in [5.41, 5.74) is 12.1. The molecule has 5 heterocycles. The topological polar surface area (TPSA) is 197 Å². The first-order valence-corrected chi connectivity index (χ1v) is 18.3. The van der Waals surface area contributed by atoms with Crippen LogP contribution in [0.5, 0.6) is 0 Å². The van der Waals surface area contributed by atoms with E-state index in [4.69, 9.17) is 32.1 Å². The van der Waals surface area contributed by atoms with Crippen LogP contribution in [0.4, 0.5) is 5.69 Å². The number of hydrogen-bond acceptors (Lipinski definition) is 16. The molecule has 0 amide bonds. The van der Waals surface area contributed by atoms with Crippen LogP contribution in [0.25, 0.3) is 20.4 Å². The second kappa shape index (κ2) is 19.5. The minimum Gasteiger partial charge on any atom is -0.462 e. The molecule has 0 aliphatic carbocycles. The number of ether oxygens (including phenoxy) is 2. The predicted octanol–water partition coefficient (Wildman–Crippen LogP) is 7.44. The van der Waals surface area contributed by atoms with Crippen LogP contribution in [0.3, 0.4) is 0 Å². The van der Waals surface area contributed by atoms with Gasteiger partial charge in [-0.3, -0.25) is 4.79 Å². The van der Waals surface area contributed by atoms with Gasteiger partial charge < -0.3 is 15.2 Å². The number of rotatable bonds is 5. The van der Waals surface area contributed by atoms with Gasteiger partial charge in [0.2, 0.25) is 0 Å². The molecule has 0 saturated heterocycles. The fraction of sp³-hybridized carbons (Fsp3) is 0.375. The van der Waals surface area contributed by atoms with Crippen LogP contribution in [0.1, 0.15) is 79.5 Å². The van der Waals surface area contributed by atoms with Crippen molar-refractivity contribution < 1.29 is 23.9 Å². The molecule has 0 unspecified atom stereocenters. The van der Waals surface area contributed by atoms with E-state index in [2.05, 4.69) is 59.2 Å². The van der Waals surface area contributed by atoms with E-state index in [0.717, 1.165) is 53.8 Å². The number of hydrogen-bond donors (Lipinski definition) is 2. The molecule has 0 aromatic carbocycles. The Morgan fingerprint density at radius 2 is 1.22 bits per heavy atom. The van der Waals surface area contributed by atoms with E-state index in [0.29, 0.717) is 44.8 Å². The second-order valence-electron chi connectivity index (χ2n) is 10.3. The van der Waals surface area contributed by atoms with Gasteiger partial charge in [0.05, 0.1) is 46.0 Å². The molecule has 0 radical (unpaired) electrons. The van der Waals surface area contributed by atoms with Crippen molar-refractivity contribution in [1.29, 1.82) is 5.26 Å². The Labute approximate surface area is 316 Å². The van der Waals surface area contributed by atoms with Gasteiger partial charge in [-0.2, -0.15) is 33.2 Å². The molecule has 5 aromatic heterocycles. The smallest absolute Gasteiger partial charge is 0.350 e. The lowest BCUT2D eigenvalue weighted by molar-refractivity contribution is -0.114. The summed E-state index contributed by atoms with van der Waals surface area (Å²) >= 11 is 15.2. The van der Waals surface area contributed by atoms with Gasteiger partial charge in [0.1, 0.15) is 31.3 Å². The summed E-state index contributed by atoms with van der Waals surface area (Å²) < 4.78 is 10.7. The van der Waals surface area contributed by atoms with Crippen molar-refractivity contribution in [1.82, 2.24) is 30.6 Å². The van der Waals surface area contributed by atoms with Gasteiger partial charge in [-0.05, 0) is 94.9 Å². The monoisotopic (exact) mass is 822 g/mol. The molecule has 0 spiro atoms. The average Bonchev–Trinajstić information content (AvgIpc) is 3.61. The Morgan fingerprint density at radius 3 is 1.68 bits per heavy atom. The third-order valence-electron chi connectivity index (χ3n) is 6.84. The van der Waals surface area contributed by atoms with Crippen LogP contribution in [0.15, 0.2) is 4.47 Å². The summed E-state index contributed by atoms with van der Waals surface area (Å²) in [6.45, 7) is 17.0. The van der Waals surface area contributed by atoms with E-state index in [1.807, 2.05) is 33.8 Å². The van der Waals surface area contributed by atoms with Crippen molar-refractivity contribution >= 4 is 107 Å². The first-order chi connectivity index (χ1) is 23.5. The van der Waals surface area contributed by atoms with Crippen LogP contribution in [0, 0.1) is 52.9 Å². The average molecular weight is 824 g/mol. The molecule has 0 fully saturated rings. The van der Waals surface area contributed by atoms with Gasteiger partial charge in [0.25, 0.3) is 0 Å². The van der Waals surface area contributed by atoms with Crippen LogP contribution in [-0.2, 0) is 14.3 Å². The molecule has 18 heteroatoms. The largest absolute Gasteiger partial charge is 0.462 e. The zero-order valence-electron chi connectivity index (χ0n) is 28.9. The summed E-state index contributed by atoms with van der Waals surface area (Å²) in [7, 11) is 0. The number of thiol groups is 1. The Hall–Kier alpha value is -3.82. The molecule has 0 aliphatic heterocycles. The highest BCUT2D eigenvalue weighted by atomic mass is 79.9. The number of ketones is 1. The fourth-order valence-electron chi connectivity index (χ4n) is 3.80. The quantitative estimate of drug-likeness (QED) is 0.131. The third kappa shape index (κ3) is 10.4. The van der Waals surface area contributed by atoms with Gasteiger partial charge in [0.15, 0.2) is 5.15 Å². The molecule has 5 rings (SSSR count). The number of aromatic nitrogens is 6. The lowest BCUT2D eigenvalue weighted by Gasteiger charge is -2.01. The van der Waals surface area contributed by atoms with Crippen LogP contribution >= 0.6 is 62.8 Å². The highest BCUT2D eigenvalue weighted by Crippen LogP contribution is 2.37. The van der Waals surface area contributed by atoms with Crippen molar-refractivity contribution in [3.05, 3.63) is 58.7 Å². The summed E-state index contributed by atoms with van der Waals surface area (Å²) in [5, 5.41) is 34.1. The lowest BCUT2D eigenvalue weighted by atomic mass is 10.1. The summed E-state index contributed by atoms with van der Waals surface area (Å²) in [5.74, 6) is -0.238. The van der Waals surface area contributed by atoms with E-state index >= 15 is 0 Å². The third-order valence-corrected chi connectivity index (χ3v) is 10.7. The molecule has 13 nitrogen and oxygen atoms in total. The molecule has 0 atom stereocenters. The molecule has 266 valence electrons. The number of Topliss-reactive ketones (excluding diaryl/α,β-unsaturated/α-hetero) is 1. The highest BCUT2D eigenvalue weighted by Gasteiger charge is 2.22. The fourth-order valence-corrected chi connectivity index (χ4v) is 7.00. The van der Waals surface area contributed by atoms with Gasteiger partial charge in [-0.15, -0.1) is 38.0 Å². The van der Waals surface area contributed by atoms with Crippen molar-refractivity contribution in [2.45, 2.75) is 62.3 Å². The molecular weight excluding hydrogens is 788 g/mol. The van der Waals surface area contributed by atoms with E-state index in [1.165, 1.54) is 29.6 Å². The maximum Gasteiger partial charge on any atom is 0.350 e. The van der Waals surface area contributed by atoms with Crippen molar-refractivity contribution in [2.75, 3.05) is 24.7 Å². The molecule has 0 saturated carbocycles. The number of nitriles is 1. The van der Waals surface area contributed by atoms with E-state index in [-0.39, 0.29) is 16.9 Å². The highest BCUT2D eigenvalue weighted by molar-refractivity contribution is 9.10. The van der Waals surface area contributed by atoms with E-state index in [9.17, 15) is 14.4 Å². The number of carbonyl (C=O) groups excluding carboxylic acids is 3. The molecular formula is C32H36BrClN8O5S3. The Kier molecular flexibility index (Phi) is 16.5. The Bertz CT molecular complexity index is 1980. The predicted molar refractivity (Wildman–Crippen MR) is 204 cm³/mol. The number of fused-ring (bicyclic) bond motifs is 2. The maximum absolute atomic E-state index is 11.7. The van der Waals surface area contributed by atoms with E-state index < -0.39 is 5.97 Å². The molecule has 0 aliphatic rings. The molecule has 2 N–H and O–H groups in total. The number of esters is 2. The standard InChI is InChI=1S/C11H11BrN2O2S.C11H13N3O2S.C7H6ClN3.C3H6OS/c2*1-4-16-11(15)9-8(12)7-5(2)6(3)13-14-10(7)17-9;1-4-5(2)10-11-7(8)6(4)3-9;1-3(4)2-5/h4H2,1-3H3;4,12H2,1-3H3;1-2H3;5H,2H2,1H3. The number of nitrogens with two attached hydrogens (primary N) is 1. The zero-order chi connectivity index (χ0) is 37.9. The first kappa shape index (κ1) is 42.3. The minimum absolute atomic E-state index is 0.119. The number of aryl methyl sites for hydroxylation is 5. The Morgan fingerprint density at radius 1 is 0.800 bits per heavy atom. The first-order valence-electron chi connectivity index (χ1n) is 14.8. The van der Waals surface area contributed by atoms with Crippen molar-refractivity contribution in [3.8, 4) is 6.07 Å². The second-order valence-corrected chi connectivity index (χ2v) is 13.7. The molecule has 5 aromatic rings. The minimum atomic E-state index is -0.398. The lowest BCUT2D eigenvalue weighted by Crippen LogP contribution is -2.05. The molecule has 0 bridgehead atoms. The maximum atomic E-state index is 11.7. The van der Waals surface area contributed by atoms with Crippen molar-refractivity contribution in [3.63, 3.8) is 0 Å². The van der Waals surface area contributed by atoms with Gasteiger partial charge in [-0.1, -0.05) is 11.6 Å². The van der Waals surface area contributed by atoms with Gasteiger partial charge in [0, 0.05) is 16.5 Å². The van der Waals surface area contributed by atoms with Gasteiger partial charge in [-0.25, -0.2) is 9.59 Å².